The van der Waals surface area contributed by atoms with Crippen LogP contribution in [0.3, 0.4) is 0 Å². The average Bonchev–Trinajstić information content (AvgIpc) is 3.17. The highest BCUT2D eigenvalue weighted by Crippen LogP contribution is 2.31. The van der Waals surface area contributed by atoms with Gasteiger partial charge in [-0.2, -0.15) is 0 Å². The quantitative estimate of drug-likeness (QED) is 0.629. The predicted octanol–water partition coefficient (Wildman–Crippen LogP) is 3.48. The highest BCUT2D eigenvalue weighted by atomic mass is 16.5. The molecule has 2 aromatic carbocycles. The number of nitrogens with one attached hydrogen (secondary N) is 1. The van der Waals surface area contributed by atoms with Crippen LogP contribution in [0.15, 0.2) is 52.9 Å². The maximum atomic E-state index is 12.7. The van der Waals surface area contributed by atoms with Gasteiger partial charge in [-0.25, -0.2) is 0 Å². The molecule has 1 unspecified atom stereocenters. The molecule has 0 aliphatic carbocycles. The lowest BCUT2D eigenvalue weighted by Crippen LogP contribution is -2.30. The van der Waals surface area contributed by atoms with Crippen LogP contribution in [0, 0.1) is 0 Å². The van der Waals surface area contributed by atoms with Crippen LogP contribution >= 0.6 is 0 Å². The fraction of sp³-hybridized carbons (Fsp3) is 0.238. The molecule has 0 aliphatic heterocycles. The van der Waals surface area contributed by atoms with Crippen molar-refractivity contribution in [2.24, 2.45) is 0 Å². The molecule has 1 heterocycles. The van der Waals surface area contributed by atoms with E-state index in [4.69, 9.17) is 18.6 Å². The first-order valence-electron chi connectivity index (χ1n) is 8.64. The van der Waals surface area contributed by atoms with Crippen molar-refractivity contribution >= 4 is 22.8 Å². The second-order valence-electron chi connectivity index (χ2n) is 6.07. The van der Waals surface area contributed by atoms with Crippen LogP contribution in [-0.4, -0.2) is 33.2 Å². The molecule has 1 N–H and O–H groups in total. The van der Waals surface area contributed by atoms with Crippen molar-refractivity contribution in [2.75, 3.05) is 21.3 Å². The summed E-state index contributed by atoms with van der Waals surface area (Å²) in [5, 5.41) is 3.66. The number of furan rings is 1. The van der Waals surface area contributed by atoms with Crippen molar-refractivity contribution in [2.45, 2.75) is 12.5 Å². The fourth-order valence-electron chi connectivity index (χ4n) is 2.89. The predicted molar refractivity (Wildman–Crippen MR) is 103 cm³/mol. The Balaban J connectivity index is 1.89. The number of benzene rings is 2. The molecule has 0 fully saturated rings. The van der Waals surface area contributed by atoms with Gasteiger partial charge < -0.3 is 23.9 Å². The van der Waals surface area contributed by atoms with Gasteiger partial charge in [-0.3, -0.25) is 9.59 Å². The van der Waals surface area contributed by atoms with E-state index in [0.29, 0.717) is 22.6 Å². The average molecular weight is 383 g/mol. The summed E-state index contributed by atoms with van der Waals surface area (Å²) in [6, 6.07) is 13.6. The number of para-hydroxylation sites is 1. The molecule has 0 saturated heterocycles. The number of hydrogen-bond donors (Lipinski definition) is 1. The van der Waals surface area contributed by atoms with Crippen molar-refractivity contribution < 1.29 is 28.2 Å². The Kier molecular flexibility index (Phi) is 5.84. The summed E-state index contributed by atoms with van der Waals surface area (Å²) in [4.78, 5) is 24.6. The Morgan fingerprint density at radius 2 is 1.75 bits per heavy atom. The number of fused-ring (bicyclic) bond motifs is 1. The van der Waals surface area contributed by atoms with Crippen LogP contribution in [0.5, 0.6) is 11.5 Å². The molecule has 1 aromatic heterocycles. The van der Waals surface area contributed by atoms with Gasteiger partial charge in [0.15, 0.2) is 17.3 Å². The molecule has 0 spiro atoms. The van der Waals surface area contributed by atoms with Crippen LogP contribution in [0.1, 0.15) is 28.6 Å². The first-order chi connectivity index (χ1) is 13.5. The monoisotopic (exact) mass is 383 g/mol. The molecule has 146 valence electrons. The van der Waals surface area contributed by atoms with Gasteiger partial charge in [0.1, 0.15) is 5.58 Å². The number of carbonyl (C=O) groups excluding carboxylic acids is 2. The maximum Gasteiger partial charge on any atom is 0.307 e. The second-order valence-corrected chi connectivity index (χ2v) is 6.07. The lowest BCUT2D eigenvalue weighted by atomic mass is 10.0. The van der Waals surface area contributed by atoms with Crippen molar-refractivity contribution in [3.05, 3.63) is 59.9 Å². The summed E-state index contributed by atoms with van der Waals surface area (Å²) in [5.41, 5.74) is 1.29. The Labute approximate surface area is 162 Å². The zero-order chi connectivity index (χ0) is 20.1. The first kappa shape index (κ1) is 19.3. The first-order valence-corrected chi connectivity index (χ1v) is 8.64. The molecule has 7 nitrogen and oxygen atoms in total. The molecule has 3 rings (SSSR count). The summed E-state index contributed by atoms with van der Waals surface area (Å²) in [6.07, 6.45) is -0.0437. The highest BCUT2D eigenvalue weighted by Gasteiger charge is 2.23. The second kappa shape index (κ2) is 8.47. The number of hydrogen-bond acceptors (Lipinski definition) is 6. The zero-order valence-electron chi connectivity index (χ0n) is 15.9. The maximum absolute atomic E-state index is 12.7. The van der Waals surface area contributed by atoms with Gasteiger partial charge in [0.05, 0.1) is 33.8 Å². The Bertz CT molecular complexity index is 960. The largest absolute Gasteiger partial charge is 0.493 e. The summed E-state index contributed by atoms with van der Waals surface area (Å²) >= 11 is 0. The van der Waals surface area contributed by atoms with E-state index in [2.05, 4.69) is 5.32 Å². The SMILES string of the molecule is COC(=O)CC(NC(=O)c1cc2ccccc2o1)c1ccc(OC)c(OC)c1. The van der Waals surface area contributed by atoms with Crippen LogP contribution in [0.25, 0.3) is 11.0 Å². The molecule has 28 heavy (non-hydrogen) atoms. The van der Waals surface area contributed by atoms with Gasteiger partial charge in [0.25, 0.3) is 5.91 Å². The van der Waals surface area contributed by atoms with Crippen LogP contribution in [0.2, 0.25) is 0 Å². The Morgan fingerprint density at radius 3 is 2.43 bits per heavy atom. The summed E-state index contributed by atoms with van der Waals surface area (Å²) < 4.78 is 20.9. The van der Waals surface area contributed by atoms with Crippen molar-refractivity contribution in [3.63, 3.8) is 0 Å². The standard InChI is InChI=1S/C21H21NO6/c1-25-17-9-8-13(10-18(17)26-2)15(12-20(23)27-3)22-21(24)19-11-14-6-4-5-7-16(14)28-19/h4-11,15H,12H2,1-3H3,(H,22,24). The Morgan fingerprint density at radius 1 is 1.00 bits per heavy atom. The van der Waals surface area contributed by atoms with E-state index in [0.717, 1.165) is 5.39 Å². The molecule has 1 atom stereocenters. The van der Waals surface area contributed by atoms with E-state index in [1.807, 2.05) is 18.2 Å². The highest BCUT2D eigenvalue weighted by molar-refractivity contribution is 5.96. The number of rotatable bonds is 7. The Hall–Kier alpha value is -3.48. The van der Waals surface area contributed by atoms with Crippen molar-refractivity contribution in [3.8, 4) is 11.5 Å². The minimum atomic E-state index is -0.632. The van der Waals surface area contributed by atoms with Gasteiger partial charge in [-0.15, -0.1) is 0 Å². The van der Waals surface area contributed by atoms with Crippen LogP contribution < -0.4 is 14.8 Å². The molecule has 1 amide bonds. The van der Waals surface area contributed by atoms with Crippen molar-refractivity contribution in [1.82, 2.24) is 5.32 Å². The minimum Gasteiger partial charge on any atom is -0.493 e. The third-order valence-corrected chi connectivity index (χ3v) is 4.36. The van der Waals surface area contributed by atoms with Gasteiger partial charge >= 0.3 is 5.97 Å². The lowest BCUT2D eigenvalue weighted by molar-refractivity contribution is -0.141. The number of amides is 1. The molecule has 0 radical (unpaired) electrons. The molecule has 0 aliphatic rings. The van der Waals surface area contributed by atoms with E-state index in [-0.39, 0.29) is 12.2 Å². The number of ether oxygens (including phenoxy) is 3. The fourth-order valence-corrected chi connectivity index (χ4v) is 2.89. The third-order valence-electron chi connectivity index (χ3n) is 4.36. The van der Waals surface area contributed by atoms with Gasteiger partial charge in [-0.05, 0) is 29.8 Å². The van der Waals surface area contributed by atoms with E-state index in [9.17, 15) is 9.59 Å². The smallest absolute Gasteiger partial charge is 0.307 e. The molecular weight excluding hydrogens is 362 g/mol. The number of carbonyl (C=O) groups is 2. The third kappa shape index (κ3) is 4.09. The summed E-state index contributed by atoms with van der Waals surface area (Å²) in [5.74, 6) is 0.320. The van der Waals surface area contributed by atoms with E-state index < -0.39 is 17.9 Å². The molecule has 0 saturated carbocycles. The van der Waals surface area contributed by atoms with E-state index in [1.54, 1.807) is 30.3 Å². The molecule has 3 aromatic rings. The summed E-state index contributed by atoms with van der Waals surface area (Å²) in [7, 11) is 4.35. The zero-order valence-corrected chi connectivity index (χ0v) is 15.9. The topological polar surface area (TPSA) is 87.0 Å². The molecular formula is C21H21NO6. The van der Waals surface area contributed by atoms with E-state index in [1.165, 1.54) is 21.3 Å². The molecule has 7 heteroatoms. The number of methoxy groups -OCH3 is 3. The van der Waals surface area contributed by atoms with Crippen LogP contribution in [0.4, 0.5) is 0 Å². The molecule has 0 bridgehead atoms. The van der Waals surface area contributed by atoms with E-state index >= 15 is 0 Å². The van der Waals surface area contributed by atoms with Gasteiger partial charge in [0.2, 0.25) is 0 Å². The van der Waals surface area contributed by atoms with Gasteiger partial charge in [0, 0.05) is 5.39 Å². The minimum absolute atomic E-state index is 0.0437. The van der Waals surface area contributed by atoms with Gasteiger partial charge in [-0.1, -0.05) is 24.3 Å². The number of esters is 1. The lowest BCUT2D eigenvalue weighted by Gasteiger charge is -2.19. The normalized spacial score (nSPS) is 11.7. The van der Waals surface area contributed by atoms with Crippen molar-refractivity contribution in [1.29, 1.82) is 0 Å². The van der Waals surface area contributed by atoms with Crippen LogP contribution in [-0.2, 0) is 9.53 Å². The summed E-state index contributed by atoms with van der Waals surface area (Å²) in [6.45, 7) is 0.